The van der Waals surface area contributed by atoms with Crippen LogP contribution in [-0.4, -0.2) is 30.5 Å². The fourth-order valence-corrected chi connectivity index (χ4v) is 2.78. The van der Waals surface area contributed by atoms with Crippen LogP contribution in [0.1, 0.15) is 37.7 Å². The van der Waals surface area contributed by atoms with E-state index in [0.29, 0.717) is 24.5 Å². The van der Waals surface area contributed by atoms with Crippen LogP contribution in [-0.2, 0) is 4.79 Å². The number of benzene rings is 1. The Morgan fingerprint density at radius 2 is 2.14 bits per heavy atom. The highest BCUT2D eigenvalue weighted by atomic mass is 16.6. The zero-order valence-corrected chi connectivity index (χ0v) is 12.2. The number of ketones is 1. The molecular formula is C15H19NO5. The molecule has 1 fully saturated rings. The predicted octanol–water partition coefficient (Wildman–Crippen LogP) is 2.58. The molecule has 2 atom stereocenters. The maximum Gasteiger partial charge on any atom is 0.220 e. The zero-order valence-electron chi connectivity index (χ0n) is 12.2. The van der Waals surface area contributed by atoms with Crippen molar-refractivity contribution in [2.45, 2.75) is 38.1 Å². The smallest absolute Gasteiger partial charge is 0.220 e. The molecule has 0 amide bonds. The van der Waals surface area contributed by atoms with Crippen LogP contribution in [0.5, 0.6) is 11.5 Å². The molecule has 21 heavy (non-hydrogen) atoms. The van der Waals surface area contributed by atoms with E-state index in [1.165, 1.54) is 0 Å². The highest BCUT2D eigenvalue weighted by Crippen LogP contribution is 2.37. The Hall–Kier alpha value is -2.11. The quantitative estimate of drug-likeness (QED) is 0.616. The molecule has 6 nitrogen and oxygen atoms in total. The summed E-state index contributed by atoms with van der Waals surface area (Å²) in [7, 11) is 1.54. The third-order valence-electron chi connectivity index (χ3n) is 3.82. The molecule has 0 heterocycles. The Kier molecular flexibility index (Phi) is 4.77. The molecule has 1 aliphatic carbocycles. The van der Waals surface area contributed by atoms with Crippen molar-refractivity contribution in [1.82, 2.24) is 0 Å². The SMILES string of the molecule is CCOc1cc(C2CC(=O)CCC2[N+](=O)[O-])ccc1OC. The van der Waals surface area contributed by atoms with Crippen molar-refractivity contribution in [2.75, 3.05) is 13.7 Å². The molecule has 0 N–H and O–H groups in total. The number of Topliss-reactive ketones (excluding diaryl/α,β-unsaturated/α-hetero) is 1. The van der Waals surface area contributed by atoms with Gasteiger partial charge < -0.3 is 9.47 Å². The van der Waals surface area contributed by atoms with Crippen LogP contribution in [0.25, 0.3) is 0 Å². The summed E-state index contributed by atoms with van der Waals surface area (Å²) in [5.41, 5.74) is 0.758. The van der Waals surface area contributed by atoms with E-state index in [-0.39, 0.29) is 23.5 Å². The van der Waals surface area contributed by atoms with Gasteiger partial charge in [-0.2, -0.15) is 0 Å². The van der Waals surface area contributed by atoms with Crippen LogP contribution in [0.3, 0.4) is 0 Å². The number of rotatable bonds is 5. The van der Waals surface area contributed by atoms with Crippen molar-refractivity contribution < 1.29 is 19.2 Å². The first kappa shape index (κ1) is 15.3. The molecule has 2 unspecified atom stereocenters. The summed E-state index contributed by atoms with van der Waals surface area (Å²) < 4.78 is 10.7. The van der Waals surface area contributed by atoms with E-state index >= 15 is 0 Å². The van der Waals surface area contributed by atoms with Crippen molar-refractivity contribution in [1.29, 1.82) is 0 Å². The van der Waals surface area contributed by atoms with Gasteiger partial charge in [-0.05, 0) is 24.6 Å². The van der Waals surface area contributed by atoms with Gasteiger partial charge in [-0.25, -0.2) is 0 Å². The third kappa shape index (κ3) is 3.32. The summed E-state index contributed by atoms with van der Waals surface area (Å²) in [6.07, 6.45) is 0.798. The van der Waals surface area contributed by atoms with E-state index in [9.17, 15) is 14.9 Å². The van der Waals surface area contributed by atoms with Gasteiger partial charge in [0.05, 0.1) is 19.6 Å². The van der Waals surface area contributed by atoms with Gasteiger partial charge in [-0.15, -0.1) is 0 Å². The first-order valence-corrected chi connectivity index (χ1v) is 7.02. The number of carbonyl (C=O) groups is 1. The lowest BCUT2D eigenvalue weighted by molar-refractivity contribution is -0.528. The lowest BCUT2D eigenvalue weighted by atomic mass is 9.79. The molecule has 1 aliphatic rings. The van der Waals surface area contributed by atoms with E-state index in [4.69, 9.17) is 9.47 Å². The molecule has 0 spiro atoms. The third-order valence-corrected chi connectivity index (χ3v) is 3.82. The minimum atomic E-state index is -0.717. The second kappa shape index (κ2) is 6.56. The lowest BCUT2D eigenvalue weighted by Crippen LogP contribution is -2.34. The van der Waals surface area contributed by atoms with Gasteiger partial charge in [0.2, 0.25) is 6.04 Å². The van der Waals surface area contributed by atoms with Crippen LogP contribution < -0.4 is 9.47 Å². The Morgan fingerprint density at radius 1 is 1.38 bits per heavy atom. The minimum absolute atomic E-state index is 0.0758. The molecule has 1 saturated carbocycles. The minimum Gasteiger partial charge on any atom is -0.493 e. The zero-order chi connectivity index (χ0) is 15.4. The van der Waals surface area contributed by atoms with Crippen LogP contribution in [0.4, 0.5) is 0 Å². The van der Waals surface area contributed by atoms with Gasteiger partial charge in [-0.3, -0.25) is 14.9 Å². The number of hydrogen-bond acceptors (Lipinski definition) is 5. The molecule has 0 saturated heterocycles. The summed E-state index contributed by atoms with van der Waals surface area (Å²) >= 11 is 0. The maximum absolute atomic E-state index is 11.7. The molecular weight excluding hydrogens is 274 g/mol. The van der Waals surface area contributed by atoms with Crippen molar-refractivity contribution in [3.63, 3.8) is 0 Å². The van der Waals surface area contributed by atoms with Crippen molar-refractivity contribution >= 4 is 5.78 Å². The summed E-state index contributed by atoms with van der Waals surface area (Å²) in [4.78, 5) is 22.6. The number of ether oxygens (including phenoxy) is 2. The van der Waals surface area contributed by atoms with E-state index in [2.05, 4.69) is 0 Å². The van der Waals surface area contributed by atoms with E-state index < -0.39 is 12.0 Å². The van der Waals surface area contributed by atoms with Gasteiger partial charge in [0.15, 0.2) is 11.5 Å². The van der Waals surface area contributed by atoms with Crippen LogP contribution in [0.2, 0.25) is 0 Å². The Labute approximate surface area is 123 Å². The summed E-state index contributed by atoms with van der Waals surface area (Å²) in [6, 6.07) is 4.55. The highest BCUT2D eigenvalue weighted by molar-refractivity contribution is 5.80. The van der Waals surface area contributed by atoms with Gasteiger partial charge in [0.25, 0.3) is 0 Å². The van der Waals surface area contributed by atoms with E-state index in [1.54, 1.807) is 25.3 Å². The first-order chi connectivity index (χ1) is 10.1. The number of carbonyl (C=O) groups excluding carboxylic acids is 1. The molecule has 1 aromatic rings. The lowest BCUT2D eigenvalue weighted by Gasteiger charge is -2.25. The van der Waals surface area contributed by atoms with Gasteiger partial charge in [-0.1, -0.05) is 6.07 Å². The number of nitro groups is 1. The monoisotopic (exact) mass is 293 g/mol. The van der Waals surface area contributed by atoms with Crippen molar-refractivity contribution in [3.8, 4) is 11.5 Å². The Balaban J connectivity index is 2.35. The largest absolute Gasteiger partial charge is 0.493 e. The van der Waals surface area contributed by atoms with Crippen LogP contribution in [0.15, 0.2) is 18.2 Å². The standard InChI is InChI=1S/C15H19NO5/c1-3-21-15-8-10(4-7-14(15)20-2)12-9-11(17)5-6-13(12)16(18)19/h4,7-8,12-13H,3,5-6,9H2,1-2H3. The second-order valence-corrected chi connectivity index (χ2v) is 5.08. The molecule has 2 rings (SSSR count). The molecule has 114 valence electrons. The van der Waals surface area contributed by atoms with Gasteiger partial charge >= 0.3 is 0 Å². The average molecular weight is 293 g/mol. The Morgan fingerprint density at radius 3 is 2.76 bits per heavy atom. The average Bonchev–Trinajstić information content (AvgIpc) is 2.47. The van der Waals surface area contributed by atoms with E-state index in [1.807, 2.05) is 6.92 Å². The van der Waals surface area contributed by atoms with Crippen molar-refractivity contribution in [2.24, 2.45) is 0 Å². The van der Waals surface area contributed by atoms with Gasteiger partial charge in [0.1, 0.15) is 5.78 Å². The summed E-state index contributed by atoms with van der Waals surface area (Å²) in [5, 5.41) is 11.2. The number of methoxy groups -OCH3 is 1. The van der Waals surface area contributed by atoms with Crippen molar-refractivity contribution in [3.05, 3.63) is 33.9 Å². The van der Waals surface area contributed by atoms with Gasteiger partial charge in [0, 0.05) is 24.2 Å². The fraction of sp³-hybridized carbons (Fsp3) is 0.533. The molecule has 0 radical (unpaired) electrons. The highest BCUT2D eigenvalue weighted by Gasteiger charge is 2.38. The Bertz CT molecular complexity index is 543. The number of hydrogen-bond donors (Lipinski definition) is 0. The second-order valence-electron chi connectivity index (χ2n) is 5.08. The van der Waals surface area contributed by atoms with Crippen LogP contribution >= 0.6 is 0 Å². The summed E-state index contributed by atoms with van der Waals surface area (Å²) in [6.45, 7) is 2.33. The maximum atomic E-state index is 11.7. The van der Waals surface area contributed by atoms with E-state index in [0.717, 1.165) is 5.56 Å². The fourth-order valence-electron chi connectivity index (χ4n) is 2.78. The molecule has 6 heteroatoms. The summed E-state index contributed by atoms with van der Waals surface area (Å²) in [5.74, 6) is 0.816. The molecule has 1 aromatic carbocycles. The molecule has 0 bridgehead atoms. The normalized spacial score (nSPS) is 21.9. The molecule has 0 aliphatic heterocycles. The first-order valence-electron chi connectivity index (χ1n) is 7.02. The predicted molar refractivity (Wildman–Crippen MR) is 76.5 cm³/mol. The number of nitrogens with zero attached hydrogens (tertiary/aromatic N) is 1. The topological polar surface area (TPSA) is 78.7 Å². The van der Waals surface area contributed by atoms with Crippen LogP contribution in [0, 0.1) is 10.1 Å². The molecule has 0 aromatic heterocycles.